The number of benzene rings is 2. The molecule has 9 heteroatoms. The average molecular weight is 408 g/mol. The molecule has 142 valence electrons. The molecule has 2 rings (SSSR count). The van der Waals surface area contributed by atoms with Gasteiger partial charge in [0.25, 0.3) is 5.91 Å². The highest BCUT2D eigenvalue weighted by Gasteiger charge is 2.11. The number of amides is 3. The zero-order valence-electron chi connectivity index (χ0n) is 14.5. The van der Waals surface area contributed by atoms with Crippen LogP contribution in [0.1, 0.15) is 10.4 Å². The van der Waals surface area contributed by atoms with Crippen LogP contribution in [-0.4, -0.2) is 36.3 Å². The van der Waals surface area contributed by atoms with Crippen LogP contribution < -0.4 is 20.9 Å². The molecular weight excluding hydrogens is 390 g/mol. The highest BCUT2D eigenvalue weighted by Crippen LogP contribution is 2.15. The molecule has 0 aromatic heterocycles. The Bertz CT molecular complexity index is 815. The van der Waals surface area contributed by atoms with Crippen LogP contribution in [0, 0.1) is 0 Å². The molecule has 0 aliphatic rings. The second kappa shape index (κ2) is 10.4. The Hall–Kier alpha value is -2.71. The van der Waals surface area contributed by atoms with Crippen LogP contribution >= 0.6 is 23.4 Å². The van der Waals surface area contributed by atoms with Crippen molar-refractivity contribution in [2.45, 2.75) is 0 Å². The molecule has 0 saturated heterocycles. The minimum absolute atomic E-state index is 0.0127. The summed E-state index contributed by atoms with van der Waals surface area (Å²) in [6.07, 6.45) is 0. The first-order chi connectivity index (χ1) is 13.0. The minimum atomic E-state index is -0.517. The molecule has 2 aromatic carbocycles. The van der Waals surface area contributed by atoms with E-state index >= 15 is 0 Å². The average Bonchev–Trinajstić information content (AvgIpc) is 2.67. The highest BCUT2D eigenvalue weighted by molar-refractivity contribution is 8.00. The molecular formula is C18H18ClN3O4S. The summed E-state index contributed by atoms with van der Waals surface area (Å²) in [7, 11) is 1.56. The number of halogens is 1. The molecule has 0 heterocycles. The standard InChI is InChI=1S/C18H18ClN3O4S/c1-26-13-8-6-12(7-9-13)20-16(23)10-27-11-17(24)21-22-18(25)14-4-2-3-5-15(14)19/h2-9H,10-11H2,1H3,(H,20,23)(H,21,24)(H,22,25). The lowest BCUT2D eigenvalue weighted by molar-refractivity contribution is -0.119. The van der Waals surface area contributed by atoms with E-state index in [0.29, 0.717) is 11.4 Å². The second-order valence-electron chi connectivity index (χ2n) is 5.25. The van der Waals surface area contributed by atoms with Crippen molar-refractivity contribution in [3.8, 4) is 5.75 Å². The number of methoxy groups -OCH3 is 1. The Kier molecular flexibility index (Phi) is 7.97. The van der Waals surface area contributed by atoms with Crippen molar-refractivity contribution in [1.29, 1.82) is 0 Å². The number of carbonyl (C=O) groups is 3. The van der Waals surface area contributed by atoms with Gasteiger partial charge in [-0.2, -0.15) is 0 Å². The molecule has 0 unspecified atom stereocenters. The van der Waals surface area contributed by atoms with Crippen molar-refractivity contribution in [2.75, 3.05) is 23.9 Å². The summed E-state index contributed by atoms with van der Waals surface area (Å²) in [6.45, 7) is 0. The van der Waals surface area contributed by atoms with E-state index in [1.54, 1.807) is 55.6 Å². The molecule has 2 aromatic rings. The molecule has 0 aliphatic carbocycles. The van der Waals surface area contributed by atoms with Crippen LogP contribution in [0.3, 0.4) is 0 Å². The van der Waals surface area contributed by atoms with Gasteiger partial charge in [-0.25, -0.2) is 0 Å². The Morgan fingerprint density at radius 2 is 1.63 bits per heavy atom. The number of hydrogen-bond donors (Lipinski definition) is 3. The van der Waals surface area contributed by atoms with Crippen LogP contribution in [0.4, 0.5) is 5.69 Å². The van der Waals surface area contributed by atoms with E-state index in [4.69, 9.17) is 16.3 Å². The summed E-state index contributed by atoms with van der Waals surface area (Å²) in [6, 6.07) is 13.4. The van der Waals surface area contributed by atoms with Crippen molar-refractivity contribution >= 4 is 46.8 Å². The van der Waals surface area contributed by atoms with Gasteiger partial charge in [-0.1, -0.05) is 23.7 Å². The van der Waals surface area contributed by atoms with Crippen LogP contribution in [-0.2, 0) is 9.59 Å². The first-order valence-electron chi connectivity index (χ1n) is 7.85. The fraction of sp³-hybridized carbons (Fsp3) is 0.167. The summed E-state index contributed by atoms with van der Waals surface area (Å²) < 4.78 is 5.04. The zero-order valence-corrected chi connectivity index (χ0v) is 16.0. The molecule has 0 aliphatic heterocycles. The van der Waals surface area contributed by atoms with E-state index in [1.807, 2.05) is 0 Å². The summed E-state index contributed by atoms with van der Waals surface area (Å²) in [5.41, 5.74) is 5.45. The van der Waals surface area contributed by atoms with Crippen LogP contribution in [0.5, 0.6) is 5.75 Å². The fourth-order valence-corrected chi connectivity index (χ4v) is 2.82. The Morgan fingerprint density at radius 1 is 0.963 bits per heavy atom. The molecule has 0 bridgehead atoms. The topological polar surface area (TPSA) is 96.5 Å². The predicted octanol–water partition coefficient (Wildman–Crippen LogP) is 2.48. The summed E-state index contributed by atoms with van der Waals surface area (Å²) >= 11 is 7.03. The van der Waals surface area contributed by atoms with Crippen LogP contribution in [0.25, 0.3) is 0 Å². The van der Waals surface area contributed by atoms with Crippen molar-refractivity contribution in [2.24, 2.45) is 0 Å². The summed E-state index contributed by atoms with van der Waals surface area (Å²) in [5, 5.41) is 3.00. The van der Waals surface area contributed by atoms with E-state index in [0.717, 1.165) is 11.8 Å². The maximum absolute atomic E-state index is 11.9. The van der Waals surface area contributed by atoms with E-state index in [9.17, 15) is 14.4 Å². The maximum Gasteiger partial charge on any atom is 0.271 e. The molecule has 0 radical (unpaired) electrons. The number of carbonyl (C=O) groups excluding carboxylic acids is 3. The minimum Gasteiger partial charge on any atom is -0.497 e. The van der Waals surface area contributed by atoms with Gasteiger partial charge < -0.3 is 10.1 Å². The third kappa shape index (κ3) is 6.84. The van der Waals surface area contributed by atoms with Gasteiger partial charge in [0, 0.05) is 5.69 Å². The SMILES string of the molecule is COc1ccc(NC(=O)CSCC(=O)NNC(=O)c2ccccc2Cl)cc1. The number of rotatable bonds is 7. The molecule has 0 spiro atoms. The first kappa shape index (κ1) is 20.6. The molecule has 0 saturated carbocycles. The zero-order chi connectivity index (χ0) is 19.6. The smallest absolute Gasteiger partial charge is 0.271 e. The second-order valence-corrected chi connectivity index (χ2v) is 6.64. The summed E-state index contributed by atoms with van der Waals surface area (Å²) in [5.74, 6) is -0.388. The first-order valence-corrected chi connectivity index (χ1v) is 9.38. The van der Waals surface area contributed by atoms with E-state index in [-0.39, 0.29) is 28.0 Å². The Labute approximate surface area is 165 Å². The number of nitrogens with one attached hydrogen (secondary N) is 3. The van der Waals surface area contributed by atoms with Gasteiger partial charge in [-0.3, -0.25) is 25.2 Å². The van der Waals surface area contributed by atoms with E-state index < -0.39 is 11.8 Å². The fourth-order valence-electron chi connectivity index (χ4n) is 1.98. The molecule has 3 amide bonds. The molecule has 7 nitrogen and oxygen atoms in total. The number of ether oxygens (including phenoxy) is 1. The molecule has 0 atom stereocenters. The Balaban J connectivity index is 1.67. The number of thioether (sulfide) groups is 1. The van der Waals surface area contributed by atoms with Crippen molar-refractivity contribution in [3.05, 3.63) is 59.1 Å². The van der Waals surface area contributed by atoms with Gasteiger partial charge >= 0.3 is 0 Å². The molecule has 0 fully saturated rings. The van der Waals surface area contributed by atoms with Crippen LogP contribution in [0.2, 0.25) is 5.02 Å². The monoisotopic (exact) mass is 407 g/mol. The van der Waals surface area contributed by atoms with Gasteiger partial charge in [0.15, 0.2) is 0 Å². The van der Waals surface area contributed by atoms with Gasteiger partial charge in [0.2, 0.25) is 11.8 Å². The number of hydrazine groups is 1. The van der Waals surface area contributed by atoms with Gasteiger partial charge in [-0.15, -0.1) is 11.8 Å². The lowest BCUT2D eigenvalue weighted by atomic mass is 10.2. The van der Waals surface area contributed by atoms with Crippen LogP contribution in [0.15, 0.2) is 48.5 Å². The predicted molar refractivity (Wildman–Crippen MR) is 106 cm³/mol. The lowest BCUT2D eigenvalue weighted by Gasteiger charge is -2.09. The van der Waals surface area contributed by atoms with E-state index in [1.165, 1.54) is 0 Å². The Morgan fingerprint density at radius 3 is 2.30 bits per heavy atom. The van der Waals surface area contributed by atoms with Gasteiger partial charge in [-0.05, 0) is 36.4 Å². The van der Waals surface area contributed by atoms with E-state index in [2.05, 4.69) is 16.2 Å². The third-order valence-corrected chi connectivity index (χ3v) is 4.54. The van der Waals surface area contributed by atoms with Crippen molar-refractivity contribution in [1.82, 2.24) is 10.9 Å². The maximum atomic E-state index is 11.9. The van der Waals surface area contributed by atoms with Gasteiger partial charge in [0.1, 0.15) is 5.75 Å². The largest absolute Gasteiger partial charge is 0.497 e. The molecule has 27 heavy (non-hydrogen) atoms. The summed E-state index contributed by atoms with van der Waals surface area (Å²) in [4.78, 5) is 35.5. The lowest BCUT2D eigenvalue weighted by Crippen LogP contribution is -2.42. The highest BCUT2D eigenvalue weighted by atomic mass is 35.5. The third-order valence-electron chi connectivity index (χ3n) is 3.27. The van der Waals surface area contributed by atoms with Gasteiger partial charge in [0.05, 0.1) is 29.2 Å². The number of anilines is 1. The molecule has 3 N–H and O–H groups in total. The van der Waals surface area contributed by atoms with Crippen molar-refractivity contribution in [3.63, 3.8) is 0 Å². The van der Waals surface area contributed by atoms with Crippen molar-refractivity contribution < 1.29 is 19.1 Å². The number of hydrogen-bond acceptors (Lipinski definition) is 5. The normalized spacial score (nSPS) is 10.0. The quantitative estimate of drug-likeness (QED) is 0.613.